The Kier molecular flexibility index (Phi) is 8.32. The number of anilines is 1. The Hall–Kier alpha value is -2.92. The lowest BCUT2D eigenvalue weighted by Gasteiger charge is -2.39. The van der Waals surface area contributed by atoms with E-state index in [1.54, 1.807) is 4.52 Å². The molecular weight excluding hydrogens is 458 g/mol. The molecule has 2 aliphatic rings. The molecule has 0 radical (unpaired) electrons. The van der Waals surface area contributed by atoms with Crippen molar-refractivity contribution in [3.8, 4) is 0 Å². The predicted molar refractivity (Wildman–Crippen MR) is 127 cm³/mol. The molecule has 0 saturated carbocycles. The van der Waals surface area contributed by atoms with E-state index in [2.05, 4.69) is 29.4 Å². The molecule has 2 aromatic heterocycles. The van der Waals surface area contributed by atoms with Gasteiger partial charge in [0.15, 0.2) is 11.6 Å². The van der Waals surface area contributed by atoms with Gasteiger partial charge in [0.1, 0.15) is 12.3 Å². The monoisotopic (exact) mass is 489 g/mol. The van der Waals surface area contributed by atoms with Gasteiger partial charge in [-0.25, -0.2) is 9.51 Å². The van der Waals surface area contributed by atoms with Gasteiger partial charge in [-0.15, -0.1) is 5.10 Å². The van der Waals surface area contributed by atoms with Crippen LogP contribution < -0.4 is 23.5 Å². The first kappa shape index (κ1) is 25.7. The molecule has 4 N–H and O–H groups in total. The highest BCUT2D eigenvalue weighted by Crippen LogP contribution is 2.31. The number of piperazine rings is 1. The van der Waals surface area contributed by atoms with Crippen LogP contribution in [0, 0.1) is 0 Å². The van der Waals surface area contributed by atoms with Crippen LogP contribution in [0.25, 0.3) is 5.52 Å². The normalized spacial score (nSPS) is 19.5. The van der Waals surface area contributed by atoms with Crippen molar-refractivity contribution in [1.82, 2.24) is 14.5 Å². The molecule has 0 amide bonds. The molecular formula is C23H32ClN7O3. The van der Waals surface area contributed by atoms with Crippen molar-refractivity contribution in [2.45, 2.75) is 0 Å². The van der Waals surface area contributed by atoms with Gasteiger partial charge < -0.3 is 37.8 Å². The van der Waals surface area contributed by atoms with E-state index in [0.717, 1.165) is 49.3 Å². The molecule has 2 aromatic rings. The van der Waals surface area contributed by atoms with E-state index >= 15 is 0 Å². The van der Waals surface area contributed by atoms with E-state index in [1.165, 1.54) is 12.2 Å². The second-order valence-corrected chi connectivity index (χ2v) is 8.92. The Morgan fingerprint density at radius 2 is 2.03 bits per heavy atom. The van der Waals surface area contributed by atoms with Crippen molar-refractivity contribution >= 4 is 28.5 Å². The number of rotatable bonds is 8. The first-order chi connectivity index (χ1) is 15.9. The minimum absolute atomic E-state index is 0. The summed E-state index contributed by atoms with van der Waals surface area (Å²) in [6.45, 7) is 5.92. The Labute approximate surface area is 205 Å². The van der Waals surface area contributed by atoms with Crippen LogP contribution >= 0.6 is 0 Å². The van der Waals surface area contributed by atoms with Crippen LogP contribution in [0.5, 0.6) is 0 Å². The fourth-order valence-corrected chi connectivity index (χ4v) is 3.87. The summed E-state index contributed by atoms with van der Waals surface area (Å²) in [6, 6.07) is 5.76. The van der Waals surface area contributed by atoms with Crippen LogP contribution in [-0.4, -0.2) is 102 Å². The summed E-state index contributed by atoms with van der Waals surface area (Å²) < 4.78 is 8.17. The third-order valence-corrected chi connectivity index (χ3v) is 5.95. The number of likely N-dealkylation sites (N-methyl/N-ethyl adjacent to an activating group) is 1. The molecule has 1 saturated heterocycles. The molecule has 0 atom stereocenters. The number of aliphatic hydroxyl groups excluding tert-OH is 1. The Bertz CT molecular complexity index is 1110. The first-order valence-corrected chi connectivity index (χ1v) is 11.2. The van der Waals surface area contributed by atoms with E-state index < -0.39 is 0 Å². The van der Waals surface area contributed by atoms with Gasteiger partial charge in [-0.05, 0) is 12.1 Å². The lowest BCUT2D eigenvalue weighted by Crippen LogP contribution is -3.00. The van der Waals surface area contributed by atoms with Gasteiger partial charge in [0, 0.05) is 44.5 Å². The third kappa shape index (κ3) is 5.95. The maximum absolute atomic E-state index is 12.1. The number of carbonyl (C=O) groups excluding carboxylic acids is 1. The maximum Gasteiger partial charge on any atom is 0.222 e. The van der Waals surface area contributed by atoms with Crippen LogP contribution in [0.4, 0.5) is 11.5 Å². The van der Waals surface area contributed by atoms with Gasteiger partial charge in [0.2, 0.25) is 5.78 Å². The highest BCUT2D eigenvalue weighted by atomic mass is 35.5. The van der Waals surface area contributed by atoms with E-state index in [4.69, 9.17) is 20.6 Å². The van der Waals surface area contributed by atoms with Crippen LogP contribution in [0.3, 0.4) is 0 Å². The van der Waals surface area contributed by atoms with Gasteiger partial charge in [-0.3, -0.25) is 9.69 Å². The van der Waals surface area contributed by atoms with Crippen molar-refractivity contribution in [1.29, 1.82) is 0 Å². The van der Waals surface area contributed by atoms with Crippen LogP contribution in [0.15, 0.2) is 53.0 Å². The van der Waals surface area contributed by atoms with E-state index in [-0.39, 0.29) is 42.9 Å². The summed E-state index contributed by atoms with van der Waals surface area (Å²) in [5, 5.41) is 17.1. The minimum Gasteiger partial charge on any atom is -1.00 e. The highest BCUT2D eigenvalue weighted by molar-refractivity contribution is 6.21. The van der Waals surface area contributed by atoms with Gasteiger partial charge in [0.05, 0.1) is 50.7 Å². The molecule has 0 aromatic carbocycles. The molecule has 10 nitrogen and oxygen atoms in total. The molecule has 0 bridgehead atoms. The minimum atomic E-state index is -0.346. The van der Waals surface area contributed by atoms with Gasteiger partial charge in [-0.2, -0.15) is 0 Å². The summed E-state index contributed by atoms with van der Waals surface area (Å²) >= 11 is 0. The smallest absolute Gasteiger partial charge is 0.222 e. The molecule has 4 rings (SSSR count). The average Bonchev–Trinajstić information content (AvgIpc) is 3.13. The number of nitrogens with two attached hydrogens (primary N) is 1. The number of ketones is 1. The number of fused-ring (bicyclic) bond motifs is 1. The quantitative estimate of drug-likeness (QED) is 0.278. The molecule has 1 aliphatic heterocycles. The van der Waals surface area contributed by atoms with E-state index in [1.807, 2.05) is 24.4 Å². The molecule has 184 valence electrons. The number of aromatic nitrogens is 2. The average molecular weight is 490 g/mol. The van der Waals surface area contributed by atoms with Gasteiger partial charge in [0.25, 0.3) is 0 Å². The topological polar surface area (TPSA) is 117 Å². The van der Waals surface area contributed by atoms with E-state index in [0.29, 0.717) is 17.2 Å². The fraction of sp³-hybridized carbons (Fsp3) is 0.435. The standard InChI is InChI=1S/C23H31N7O3.ClH/c1-30(2)11-9-28(10-12-30)8-6-25-23-22(19-5-3-4-7-29(19)27-23)26-18-16-21(33-14-13-31)20(32)15-17(18)24;/h3-5,7,15-16,31H,6,8-14H2,1-2H3,(H2-,24,25,27,32);1H. The van der Waals surface area contributed by atoms with Crippen LogP contribution in [-0.2, 0) is 9.53 Å². The number of hydrogen-bond acceptors (Lipinski definition) is 8. The zero-order valence-electron chi connectivity index (χ0n) is 19.6. The number of nitrogens with zero attached hydrogens (tertiary/aromatic N) is 5. The lowest BCUT2D eigenvalue weighted by molar-refractivity contribution is -0.894. The summed E-state index contributed by atoms with van der Waals surface area (Å²) in [6.07, 6.45) is 4.67. The molecule has 1 fully saturated rings. The largest absolute Gasteiger partial charge is 1.00 e. The Balaban J connectivity index is 0.00000324. The number of aliphatic imine (C=N–C) groups is 1. The molecule has 1 aliphatic carbocycles. The Morgan fingerprint density at radius 1 is 1.26 bits per heavy atom. The molecule has 0 spiro atoms. The fourth-order valence-electron chi connectivity index (χ4n) is 3.87. The number of nitrogens with one attached hydrogen (secondary N) is 1. The number of aliphatic hydroxyl groups is 1. The number of quaternary nitrogens is 1. The molecule has 0 unspecified atom stereocenters. The zero-order valence-corrected chi connectivity index (χ0v) is 20.3. The number of carbonyl (C=O) groups is 1. The summed E-state index contributed by atoms with van der Waals surface area (Å²) in [7, 11) is 4.54. The number of hydrogen-bond donors (Lipinski definition) is 3. The van der Waals surface area contributed by atoms with Gasteiger partial charge >= 0.3 is 0 Å². The van der Waals surface area contributed by atoms with Crippen molar-refractivity contribution in [3.05, 3.63) is 48.0 Å². The number of halogens is 1. The maximum atomic E-state index is 12.1. The van der Waals surface area contributed by atoms with Crippen molar-refractivity contribution in [3.63, 3.8) is 0 Å². The number of allylic oxidation sites excluding steroid dienone is 2. The van der Waals surface area contributed by atoms with E-state index in [9.17, 15) is 4.79 Å². The second-order valence-electron chi connectivity index (χ2n) is 8.92. The van der Waals surface area contributed by atoms with Crippen molar-refractivity contribution in [2.75, 3.05) is 71.9 Å². The van der Waals surface area contributed by atoms with Crippen molar-refractivity contribution in [2.24, 2.45) is 10.7 Å². The highest BCUT2D eigenvalue weighted by Gasteiger charge is 2.24. The van der Waals surface area contributed by atoms with Crippen LogP contribution in [0.1, 0.15) is 0 Å². The van der Waals surface area contributed by atoms with Crippen LogP contribution in [0.2, 0.25) is 0 Å². The molecule has 34 heavy (non-hydrogen) atoms. The molecule has 3 heterocycles. The second kappa shape index (κ2) is 11.0. The number of ether oxygens (including phenoxy) is 1. The summed E-state index contributed by atoms with van der Waals surface area (Å²) in [5.74, 6) is 0.411. The Morgan fingerprint density at radius 3 is 2.76 bits per heavy atom. The third-order valence-electron chi connectivity index (χ3n) is 5.95. The molecule has 11 heteroatoms. The van der Waals surface area contributed by atoms with Crippen molar-refractivity contribution < 1.29 is 31.5 Å². The summed E-state index contributed by atoms with van der Waals surface area (Å²) in [4.78, 5) is 19.4. The first-order valence-electron chi connectivity index (χ1n) is 11.2. The predicted octanol–water partition coefficient (Wildman–Crippen LogP) is -2.47. The summed E-state index contributed by atoms with van der Waals surface area (Å²) in [5.41, 5.74) is 8.23. The van der Waals surface area contributed by atoms with Gasteiger partial charge in [-0.1, -0.05) is 6.07 Å². The lowest BCUT2D eigenvalue weighted by atomic mass is 10.1. The SMILES string of the molecule is C[N+]1(C)CCN(CCNc2nn3ccccc3c2N=C2C=C(OCCO)C(=O)C=C2N)CC1.[Cl-]. The zero-order chi connectivity index (χ0) is 23.4. The number of pyridine rings is 1.